The van der Waals surface area contributed by atoms with Gasteiger partial charge in [0.15, 0.2) is 0 Å². The Morgan fingerprint density at radius 3 is 2.30 bits per heavy atom. The molecule has 0 aliphatic carbocycles. The van der Waals surface area contributed by atoms with Gasteiger partial charge in [-0.1, -0.05) is 45.9 Å². The summed E-state index contributed by atoms with van der Waals surface area (Å²) in [5.41, 5.74) is 9.76. The molecule has 146 valence electrons. The zero-order chi connectivity index (χ0) is 19.6. The zero-order valence-corrected chi connectivity index (χ0v) is 18.2. The minimum atomic E-state index is 0.434. The van der Waals surface area contributed by atoms with Gasteiger partial charge in [0.2, 0.25) is 0 Å². The van der Waals surface area contributed by atoms with Crippen molar-refractivity contribution in [1.82, 2.24) is 9.88 Å². The summed E-state index contributed by atoms with van der Waals surface area (Å²) in [4.78, 5) is 7.72. The van der Waals surface area contributed by atoms with E-state index in [4.69, 9.17) is 4.98 Å². The second-order valence-electron chi connectivity index (χ2n) is 9.03. The Morgan fingerprint density at radius 2 is 1.74 bits per heavy atom. The Balaban J connectivity index is 1.95. The summed E-state index contributed by atoms with van der Waals surface area (Å²) in [6.45, 7) is 17.2. The lowest BCUT2D eigenvalue weighted by atomic mass is 9.84. The molecular formula is C25H36N2. The molecule has 0 N–H and O–H groups in total. The molecule has 2 heterocycles. The molecule has 0 bridgehead atoms. The first-order valence-electron chi connectivity index (χ1n) is 10.6. The van der Waals surface area contributed by atoms with Crippen LogP contribution in [-0.4, -0.2) is 23.0 Å². The van der Waals surface area contributed by atoms with Gasteiger partial charge in [0.25, 0.3) is 0 Å². The molecule has 0 atom stereocenters. The second kappa shape index (κ2) is 8.14. The van der Waals surface area contributed by atoms with Gasteiger partial charge in [-0.2, -0.15) is 0 Å². The Labute approximate surface area is 166 Å². The number of pyridine rings is 1. The van der Waals surface area contributed by atoms with Crippen molar-refractivity contribution in [3.63, 3.8) is 0 Å². The first kappa shape index (κ1) is 20.1. The molecule has 2 nitrogen and oxygen atoms in total. The summed E-state index contributed by atoms with van der Waals surface area (Å²) >= 11 is 0. The summed E-state index contributed by atoms with van der Waals surface area (Å²) in [6, 6.07) is 9.02. The van der Waals surface area contributed by atoms with Crippen molar-refractivity contribution in [1.29, 1.82) is 0 Å². The van der Waals surface area contributed by atoms with Crippen molar-refractivity contribution in [2.45, 2.75) is 73.8 Å². The molecule has 2 aromatic rings. The predicted molar refractivity (Wildman–Crippen MR) is 116 cm³/mol. The van der Waals surface area contributed by atoms with E-state index in [-0.39, 0.29) is 0 Å². The van der Waals surface area contributed by atoms with E-state index in [2.05, 4.69) is 70.7 Å². The van der Waals surface area contributed by atoms with Gasteiger partial charge in [0, 0.05) is 24.3 Å². The Hall–Kier alpha value is -1.67. The molecule has 1 aromatic carbocycles. The van der Waals surface area contributed by atoms with Crippen LogP contribution in [0.5, 0.6) is 0 Å². The Bertz CT molecular complexity index is 759. The molecule has 0 saturated carbocycles. The Morgan fingerprint density at radius 1 is 1.07 bits per heavy atom. The second-order valence-corrected chi connectivity index (χ2v) is 9.03. The molecule has 3 rings (SSSR count). The van der Waals surface area contributed by atoms with E-state index in [9.17, 15) is 0 Å². The molecule has 0 amide bonds. The van der Waals surface area contributed by atoms with Crippen molar-refractivity contribution < 1.29 is 0 Å². The molecular weight excluding hydrogens is 328 g/mol. The summed E-state index contributed by atoms with van der Waals surface area (Å²) in [7, 11) is 0. The number of nitrogens with zero attached hydrogens (tertiary/aromatic N) is 2. The molecule has 1 aliphatic rings. The number of aryl methyl sites for hydroxylation is 4. The fourth-order valence-corrected chi connectivity index (χ4v) is 4.70. The summed E-state index contributed by atoms with van der Waals surface area (Å²) in [5.74, 6) is 0. The van der Waals surface area contributed by atoms with Crippen LogP contribution < -0.4 is 0 Å². The highest BCUT2D eigenvalue weighted by Gasteiger charge is 2.27. The number of hydrogen-bond acceptors (Lipinski definition) is 2. The van der Waals surface area contributed by atoms with Crippen molar-refractivity contribution >= 4 is 0 Å². The van der Waals surface area contributed by atoms with Gasteiger partial charge < -0.3 is 0 Å². The number of aromatic nitrogens is 1. The van der Waals surface area contributed by atoms with Crippen LogP contribution in [0.1, 0.15) is 68.5 Å². The van der Waals surface area contributed by atoms with E-state index in [1.807, 2.05) is 0 Å². The van der Waals surface area contributed by atoms with Crippen LogP contribution in [0.25, 0.3) is 11.3 Å². The van der Waals surface area contributed by atoms with Crippen molar-refractivity contribution in [2.75, 3.05) is 13.1 Å². The van der Waals surface area contributed by atoms with E-state index in [1.165, 1.54) is 59.4 Å². The highest BCUT2D eigenvalue weighted by molar-refractivity contribution is 5.69. The maximum absolute atomic E-state index is 5.10. The van der Waals surface area contributed by atoms with E-state index in [0.717, 1.165) is 25.1 Å². The molecule has 1 saturated heterocycles. The van der Waals surface area contributed by atoms with E-state index < -0.39 is 0 Å². The molecule has 1 fully saturated rings. The van der Waals surface area contributed by atoms with Gasteiger partial charge in [0.05, 0.1) is 5.69 Å². The molecule has 1 aromatic heterocycles. The standard InChI is InChI=1S/C25H36N2/c1-7-20-11-9-12-21(8-2)24(20)23-15-18(3)22(19(4)26-23)16-27-14-10-13-25(5,6)17-27/h9,11-12,15H,7-8,10,13-14,16-17H2,1-6H3. The van der Waals surface area contributed by atoms with Crippen LogP contribution in [0.15, 0.2) is 24.3 Å². The summed E-state index contributed by atoms with van der Waals surface area (Å²) < 4.78 is 0. The van der Waals surface area contributed by atoms with Crippen LogP contribution in [0.2, 0.25) is 0 Å². The third-order valence-corrected chi connectivity index (χ3v) is 6.17. The number of likely N-dealkylation sites (tertiary alicyclic amines) is 1. The summed E-state index contributed by atoms with van der Waals surface area (Å²) in [6.07, 6.45) is 4.74. The average Bonchev–Trinajstić information content (AvgIpc) is 2.63. The fraction of sp³-hybridized carbons (Fsp3) is 0.560. The lowest BCUT2D eigenvalue weighted by molar-refractivity contribution is 0.111. The van der Waals surface area contributed by atoms with Crippen LogP contribution in [-0.2, 0) is 19.4 Å². The van der Waals surface area contributed by atoms with Gasteiger partial charge in [-0.05, 0) is 79.8 Å². The van der Waals surface area contributed by atoms with Crippen LogP contribution >= 0.6 is 0 Å². The lowest BCUT2D eigenvalue weighted by Gasteiger charge is -2.38. The minimum absolute atomic E-state index is 0.434. The molecule has 2 heteroatoms. The number of hydrogen-bond donors (Lipinski definition) is 0. The van der Waals surface area contributed by atoms with Crippen molar-refractivity contribution in [2.24, 2.45) is 5.41 Å². The number of rotatable bonds is 5. The highest BCUT2D eigenvalue weighted by Crippen LogP contribution is 2.32. The third-order valence-electron chi connectivity index (χ3n) is 6.17. The monoisotopic (exact) mass is 364 g/mol. The third kappa shape index (κ3) is 4.43. The normalized spacial score (nSPS) is 17.3. The van der Waals surface area contributed by atoms with E-state index in [1.54, 1.807) is 0 Å². The smallest absolute Gasteiger partial charge is 0.0713 e. The van der Waals surface area contributed by atoms with Crippen LogP contribution in [0.3, 0.4) is 0 Å². The number of piperidine rings is 1. The largest absolute Gasteiger partial charge is 0.298 e. The SMILES string of the molecule is CCc1cccc(CC)c1-c1cc(C)c(CN2CCCC(C)(C)C2)c(C)n1. The first-order valence-corrected chi connectivity index (χ1v) is 10.6. The maximum atomic E-state index is 5.10. The molecule has 1 aliphatic heterocycles. The molecule has 0 spiro atoms. The van der Waals surface area contributed by atoms with Gasteiger partial charge in [-0.3, -0.25) is 9.88 Å². The van der Waals surface area contributed by atoms with Gasteiger partial charge in [-0.25, -0.2) is 0 Å². The van der Waals surface area contributed by atoms with Crippen LogP contribution in [0.4, 0.5) is 0 Å². The van der Waals surface area contributed by atoms with E-state index in [0.29, 0.717) is 5.41 Å². The summed E-state index contributed by atoms with van der Waals surface area (Å²) in [5, 5.41) is 0. The lowest BCUT2D eigenvalue weighted by Crippen LogP contribution is -2.39. The Kier molecular flexibility index (Phi) is 6.05. The fourth-order valence-electron chi connectivity index (χ4n) is 4.70. The van der Waals surface area contributed by atoms with Gasteiger partial charge in [-0.15, -0.1) is 0 Å². The van der Waals surface area contributed by atoms with Crippen LogP contribution in [0, 0.1) is 19.3 Å². The van der Waals surface area contributed by atoms with Crippen molar-refractivity contribution in [3.05, 3.63) is 52.2 Å². The van der Waals surface area contributed by atoms with Crippen molar-refractivity contribution in [3.8, 4) is 11.3 Å². The maximum Gasteiger partial charge on any atom is 0.0713 e. The van der Waals surface area contributed by atoms with Gasteiger partial charge >= 0.3 is 0 Å². The molecule has 0 unspecified atom stereocenters. The van der Waals surface area contributed by atoms with Gasteiger partial charge in [0.1, 0.15) is 0 Å². The minimum Gasteiger partial charge on any atom is -0.298 e. The quantitative estimate of drug-likeness (QED) is 0.636. The predicted octanol–water partition coefficient (Wildman–Crippen LogP) is 6.11. The zero-order valence-electron chi connectivity index (χ0n) is 18.2. The molecule has 0 radical (unpaired) electrons. The average molecular weight is 365 g/mol. The highest BCUT2D eigenvalue weighted by atomic mass is 15.1. The topological polar surface area (TPSA) is 16.1 Å². The molecule has 27 heavy (non-hydrogen) atoms. The first-order chi connectivity index (χ1) is 12.8. The van der Waals surface area contributed by atoms with E-state index >= 15 is 0 Å². The number of benzene rings is 1.